The quantitative estimate of drug-likeness (QED) is 0.360. The van der Waals surface area contributed by atoms with Crippen molar-refractivity contribution in [3.8, 4) is 11.8 Å². The van der Waals surface area contributed by atoms with Gasteiger partial charge in [-0.2, -0.15) is 10.2 Å². The third kappa shape index (κ3) is 6.61. The van der Waals surface area contributed by atoms with Crippen molar-refractivity contribution in [1.82, 2.24) is 29.7 Å². The molecule has 3 amide bonds. The first-order valence-corrected chi connectivity index (χ1v) is 12.7. The van der Waals surface area contributed by atoms with E-state index in [0.29, 0.717) is 29.5 Å². The van der Waals surface area contributed by atoms with Crippen LogP contribution in [0.15, 0.2) is 79.4 Å². The van der Waals surface area contributed by atoms with Crippen LogP contribution in [0.3, 0.4) is 0 Å². The third-order valence-electron chi connectivity index (χ3n) is 6.09. The third-order valence-corrected chi connectivity index (χ3v) is 6.09. The SMILES string of the molecule is CN(C)C(=O)Cn1cc(Nc2ncc(C#Cc3cccc(NC(=O)N4OCC[C@H]4c4ccccc4)c3)cn2)cn1. The van der Waals surface area contributed by atoms with E-state index in [1.54, 1.807) is 55.7 Å². The number of benzene rings is 2. The zero-order valence-electron chi connectivity index (χ0n) is 22.1. The number of aromatic nitrogens is 4. The molecule has 4 aromatic rings. The Hall–Kier alpha value is -5.21. The summed E-state index contributed by atoms with van der Waals surface area (Å²) in [6, 6.07) is 16.7. The number of nitrogens with zero attached hydrogens (tertiary/aromatic N) is 6. The number of amides is 3. The van der Waals surface area contributed by atoms with Crippen molar-refractivity contribution in [1.29, 1.82) is 0 Å². The smallest absolute Gasteiger partial charge is 0.346 e. The molecule has 1 aliphatic rings. The average Bonchev–Trinajstić information content (AvgIpc) is 3.63. The van der Waals surface area contributed by atoms with Crippen molar-refractivity contribution in [2.24, 2.45) is 0 Å². The number of hydrogen-bond acceptors (Lipinski definition) is 7. The molecule has 11 heteroatoms. The number of carbonyl (C=O) groups is 2. The van der Waals surface area contributed by atoms with Gasteiger partial charge in [0.2, 0.25) is 11.9 Å². The molecule has 1 atom stereocenters. The van der Waals surface area contributed by atoms with Crippen LogP contribution in [0.5, 0.6) is 0 Å². The van der Waals surface area contributed by atoms with Gasteiger partial charge >= 0.3 is 6.03 Å². The molecule has 1 aliphatic heterocycles. The Balaban J connectivity index is 1.19. The van der Waals surface area contributed by atoms with E-state index in [1.807, 2.05) is 42.5 Å². The van der Waals surface area contributed by atoms with Gasteiger partial charge in [0, 0.05) is 50.4 Å². The maximum absolute atomic E-state index is 12.9. The summed E-state index contributed by atoms with van der Waals surface area (Å²) in [6.45, 7) is 0.630. The Bertz CT molecular complexity index is 1540. The van der Waals surface area contributed by atoms with Gasteiger partial charge in [0.1, 0.15) is 6.54 Å². The number of carbonyl (C=O) groups excluding carboxylic acids is 2. The van der Waals surface area contributed by atoms with E-state index in [9.17, 15) is 9.59 Å². The van der Waals surface area contributed by atoms with E-state index in [-0.39, 0.29) is 24.5 Å². The van der Waals surface area contributed by atoms with Crippen LogP contribution in [-0.2, 0) is 16.2 Å². The second-order valence-electron chi connectivity index (χ2n) is 9.27. The maximum Gasteiger partial charge on any atom is 0.346 e. The molecule has 1 fully saturated rings. The van der Waals surface area contributed by atoms with E-state index in [1.165, 1.54) is 9.96 Å². The molecule has 5 rings (SSSR count). The topological polar surface area (TPSA) is 118 Å². The molecule has 0 unspecified atom stereocenters. The minimum absolute atomic E-state index is 0.0564. The summed E-state index contributed by atoms with van der Waals surface area (Å²) in [5.74, 6) is 6.45. The molecular weight excluding hydrogens is 508 g/mol. The summed E-state index contributed by atoms with van der Waals surface area (Å²) in [7, 11) is 3.40. The zero-order chi connectivity index (χ0) is 27.9. The molecule has 0 saturated carbocycles. The lowest BCUT2D eigenvalue weighted by Crippen LogP contribution is -2.33. The standard InChI is InChI=1S/C29H28N8O3/c1-35(2)27(38)20-36-19-25(18-32-36)33-28-30-16-22(17-31-28)12-11-21-7-6-10-24(15-21)34-29(39)37-26(13-14-40-37)23-8-4-3-5-9-23/h3-10,15-19,26H,13-14,20H2,1-2H3,(H,34,39)(H,30,31,33)/t26-/m0/s1. The summed E-state index contributed by atoms with van der Waals surface area (Å²) in [4.78, 5) is 40.5. The Morgan fingerprint density at radius 2 is 1.77 bits per heavy atom. The van der Waals surface area contributed by atoms with Crippen LogP contribution in [0.1, 0.15) is 29.2 Å². The van der Waals surface area contributed by atoms with Gasteiger partial charge in [-0.05, 0) is 23.8 Å². The molecule has 0 spiro atoms. The van der Waals surface area contributed by atoms with Gasteiger partial charge in [0.15, 0.2) is 0 Å². The summed E-state index contributed by atoms with van der Waals surface area (Å²) in [5, 5.41) is 11.5. The van der Waals surface area contributed by atoms with E-state index in [0.717, 1.165) is 17.5 Å². The molecule has 0 aliphatic carbocycles. The van der Waals surface area contributed by atoms with Crippen LogP contribution in [0, 0.1) is 11.8 Å². The first kappa shape index (κ1) is 26.4. The minimum Gasteiger partial charge on any atom is -0.347 e. The Morgan fingerprint density at radius 3 is 2.55 bits per heavy atom. The molecule has 0 bridgehead atoms. The van der Waals surface area contributed by atoms with Crippen LogP contribution in [0.25, 0.3) is 0 Å². The molecule has 0 radical (unpaired) electrons. The fourth-order valence-electron chi connectivity index (χ4n) is 4.03. The van der Waals surface area contributed by atoms with Crippen molar-refractivity contribution < 1.29 is 14.4 Å². The summed E-state index contributed by atoms with van der Waals surface area (Å²) in [6.07, 6.45) is 7.27. The van der Waals surface area contributed by atoms with Crippen molar-refractivity contribution >= 4 is 29.3 Å². The van der Waals surface area contributed by atoms with Gasteiger partial charge in [-0.3, -0.25) is 14.3 Å². The summed E-state index contributed by atoms with van der Waals surface area (Å²) < 4.78 is 1.54. The highest BCUT2D eigenvalue weighted by atomic mass is 16.7. The number of likely N-dealkylation sites (N-methyl/N-ethyl adjacent to an activating group) is 1. The van der Waals surface area contributed by atoms with E-state index in [2.05, 4.69) is 37.5 Å². The van der Waals surface area contributed by atoms with Crippen molar-refractivity contribution in [3.63, 3.8) is 0 Å². The summed E-state index contributed by atoms with van der Waals surface area (Å²) in [5.41, 5.74) is 3.66. The van der Waals surface area contributed by atoms with Gasteiger partial charge < -0.3 is 15.5 Å². The Morgan fingerprint density at radius 1 is 1.00 bits per heavy atom. The van der Waals surface area contributed by atoms with Crippen molar-refractivity contribution in [2.75, 3.05) is 31.3 Å². The van der Waals surface area contributed by atoms with Crippen LogP contribution < -0.4 is 10.6 Å². The largest absolute Gasteiger partial charge is 0.347 e. The van der Waals surface area contributed by atoms with Crippen LogP contribution in [0.2, 0.25) is 0 Å². The predicted molar refractivity (Wildman–Crippen MR) is 149 cm³/mol. The van der Waals surface area contributed by atoms with E-state index < -0.39 is 0 Å². The van der Waals surface area contributed by atoms with Gasteiger partial charge in [0.05, 0.1) is 30.1 Å². The molecule has 2 aromatic heterocycles. The van der Waals surface area contributed by atoms with E-state index in [4.69, 9.17) is 4.84 Å². The van der Waals surface area contributed by atoms with Crippen molar-refractivity contribution in [3.05, 3.63) is 96.1 Å². The van der Waals surface area contributed by atoms with Gasteiger partial charge in [-0.25, -0.2) is 14.8 Å². The predicted octanol–water partition coefficient (Wildman–Crippen LogP) is 3.82. The highest BCUT2D eigenvalue weighted by Gasteiger charge is 2.31. The lowest BCUT2D eigenvalue weighted by molar-refractivity contribution is -0.129. The Labute approximate surface area is 231 Å². The maximum atomic E-state index is 12.9. The summed E-state index contributed by atoms with van der Waals surface area (Å²) >= 11 is 0. The molecule has 3 heterocycles. The molecule has 40 heavy (non-hydrogen) atoms. The first-order chi connectivity index (χ1) is 19.4. The zero-order valence-corrected chi connectivity index (χ0v) is 22.1. The molecule has 1 saturated heterocycles. The number of hydroxylamine groups is 2. The lowest BCUT2D eigenvalue weighted by atomic mass is 10.1. The van der Waals surface area contributed by atoms with E-state index >= 15 is 0 Å². The number of nitrogens with one attached hydrogen (secondary N) is 2. The van der Waals surface area contributed by atoms with Crippen LogP contribution in [-0.4, -0.2) is 62.4 Å². The minimum atomic E-state index is -0.331. The first-order valence-electron chi connectivity index (χ1n) is 12.7. The molecule has 2 N–H and O–H groups in total. The monoisotopic (exact) mass is 536 g/mol. The number of hydrogen-bond donors (Lipinski definition) is 2. The number of rotatable bonds is 6. The molecule has 202 valence electrons. The second-order valence-corrected chi connectivity index (χ2v) is 9.27. The van der Waals surface area contributed by atoms with Crippen LogP contribution in [0.4, 0.5) is 22.1 Å². The molecule has 11 nitrogen and oxygen atoms in total. The van der Waals surface area contributed by atoms with Crippen LogP contribution >= 0.6 is 0 Å². The Kier molecular flexibility index (Phi) is 7.99. The fraction of sp³-hybridized carbons (Fsp3) is 0.207. The average molecular weight is 537 g/mol. The van der Waals surface area contributed by atoms with Gasteiger partial charge in [0.25, 0.3) is 0 Å². The second kappa shape index (κ2) is 12.1. The highest BCUT2D eigenvalue weighted by molar-refractivity contribution is 5.89. The fourth-order valence-corrected chi connectivity index (χ4v) is 4.03. The molecule has 2 aromatic carbocycles. The van der Waals surface area contributed by atoms with Crippen molar-refractivity contribution in [2.45, 2.75) is 19.0 Å². The number of anilines is 3. The lowest BCUT2D eigenvalue weighted by Gasteiger charge is -2.23. The van der Waals surface area contributed by atoms with Gasteiger partial charge in [-0.1, -0.05) is 48.2 Å². The highest BCUT2D eigenvalue weighted by Crippen LogP contribution is 2.30. The molecular formula is C29H28N8O3. The number of urea groups is 1. The normalized spacial score (nSPS) is 14.2. The van der Waals surface area contributed by atoms with Gasteiger partial charge in [-0.15, -0.1) is 0 Å².